The maximum absolute atomic E-state index is 12.2. The molecular weight excluding hydrogens is 270 g/mol. The zero-order valence-corrected chi connectivity index (χ0v) is 12.5. The summed E-state index contributed by atoms with van der Waals surface area (Å²) in [4.78, 5) is 11.1. The van der Waals surface area contributed by atoms with E-state index >= 15 is 0 Å². The van der Waals surface area contributed by atoms with Crippen LogP contribution in [0.15, 0.2) is 0 Å². The summed E-state index contributed by atoms with van der Waals surface area (Å²) in [7, 11) is -3.45. The molecule has 0 aromatic rings. The van der Waals surface area contributed by atoms with E-state index in [1.807, 2.05) is 13.8 Å². The Morgan fingerprint density at radius 1 is 1.47 bits per heavy atom. The van der Waals surface area contributed by atoms with Gasteiger partial charge >= 0.3 is 5.97 Å². The minimum atomic E-state index is -3.45. The molecule has 1 N–H and O–H groups in total. The van der Waals surface area contributed by atoms with Crippen molar-refractivity contribution < 1.29 is 23.1 Å². The van der Waals surface area contributed by atoms with Crippen molar-refractivity contribution in [3.63, 3.8) is 0 Å². The highest BCUT2D eigenvalue weighted by Crippen LogP contribution is 2.26. The average molecular weight is 293 g/mol. The van der Waals surface area contributed by atoms with Crippen molar-refractivity contribution in [2.24, 2.45) is 5.92 Å². The van der Waals surface area contributed by atoms with Crippen molar-refractivity contribution in [1.29, 1.82) is 0 Å². The van der Waals surface area contributed by atoms with Crippen LogP contribution in [-0.4, -0.2) is 54.8 Å². The molecule has 0 aromatic heterocycles. The molecule has 0 spiro atoms. The van der Waals surface area contributed by atoms with Crippen molar-refractivity contribution >= 4 is 16.0 Å². The predicted molar refractivity (Wildman–Crippen MR) is 71.4 cm³/mol. The van der Waals surface area contributed by atoms with Crippen LogP contribution in [-0.2, 0) is 19.6 Å². The SMILES string of the molecule is CC(C)OCCS(=O)(=O)N1CCC[C@H](C(=O)O)[C@@H]1C. The van der Waals surface area contributed by atoms with Crippen LogP contribution in [0, 0.1) is 5.92 Å². The lowest BCUT2D eigenvalue weighted by atomic mass is 9.92. The number of carbonyl (C=O) groups is 1. The molecule has 6 nitrogen and oxygen atoms in total. The number of rotatable bonds is 6. The Morgan fingerprint density at radius 3 is 2.63 bits per heavy atom. The van der Waals surface area contributed by atoms with Crippen molar-refractivity contribution in [3.8, 4) is 0 Å². The van der Waals surface area contributed by atoms with E-state index in [0.717, 1.165) is 0 Å². The smallest absolute Gasteiger partial charge is 0.308 e. The quantitative estimate of drug-likeness (QED) is 0.787. The fourth-order valence-electron chi connectivity index (χ4n) is 2.34. The lowest BCUT2D eigenvalue weighted by molar-refractivity contribution is -0.144. The highest BCUT2D eigenvalue weighted by Gasteiger charge is 2.38. The van der Waals surface area contributed by atoms with Crippen LogP contribution >= 0.6 is 0 Å². The van der Waals surface area contributed by atoms with Gasteiger partial charge in [0.25, 0.3) is 0 Å². The fourth-order valence-corrected chi connectivity index (χ4v) is 3.94. The van der Waals surface area contributed by atoms with Gasteiger partial charge in [-0.05, 0) is 33.6 Å². The third kappa shape index (κ3) is 4.43. The molecule has 7 heteroatoms. The molecule has 0 unspecified atom stereocenters. The summed E-state index contributed by atoms with van der Waals surface area (Å²) in [5.41, 5.74) is 0. The normalized spacial score (nSPS) is 25.7. The molecule has 0 aromatic carbocycles. The Hall–Kier alpha value is -0.660. The van der Waals surface area contributed by atoms with E-state index in [2.05, 4.69) is 0 Å². The van der Waals surface area contributed by atoms with E-state index in [-0.39, 0.29) is 18.5 Å². The van der Waals surface area contributed by atoms with E-state index in [0.29, 0.717) is 19.4 Å². The summed E-state index contributed by atoms with van der Waals surface area (Å²) in [6.07, 6.45) is 1.11. The molecule has 19 heavy (non-hydrogen) atoms. The van der Waals surface area contributed by atoms with Crippen molar-refractivity contribution in [2.75, 3.05) is 18.9 Å². The van der Waals surface area contributed by atoms with E-state index in [9.17, 15) is 13.2 Å². The largest absolute Gasteiger partial charge is 0.481 e. The lowest BCUT2D eigenvalue weighted by Gasteiger charge is -2.36. The topological polar surface area (TPSA) is 83.9 Å². The zero-order valence-electron chi connectivity index (χ0n) is 11.7. The number of carboxylic acids is 1. The Labute approximate surface area is 114 Å². The molecule has 0 saturated carbocycles. The number of sulfonamides is 1. The van der Waals surface area contributed by atoms with Gasteiger partial charge in [-0.25, -0.2) is 8.42 Å². The van der Waals surface area contributed by atoms with Gasteiger partial charge in [-0.15, -0.1) is 0 Å². The first-order chi connectivity index (χ1) is 8.75. The number of aliphatic carboxylic acids is 1. The van der Waals surface area contributed by atoms with E-state index in [1.54, 1.807) is 6.92 Å². The minimum Gasteiger partial charge on any atom is -0.481 e. The maximum Gasteiger partial charge on any atom is 0.308 e. The second kappa shape index (κ2) is 6.67. The molecule has 1 aliphatic heterocycles. The molecule has 1 saturated heterocycles. The van der Waals surface area contributed by atoms with Gasteiger partial charge in [0.2, 0.25) is 10.0 Å². The van der Waals surface area contributed by atoms with Gasteiger partial charge in [0.1, 0.15) is 0 Å². The van der Waals surface area contributed by atoms with Crippen LogP contribution in [0.25, 0.3) is 0 Å². The van der Waals surface area contributed by atoms with Gasteiger partial charge in [-0.1, -0.05) is 0 Å². The van der Waals surface area contributed by atoms with Crippen molar-refractivity contribution in [3.05, 3.63) is 0 Å². The van der Waals surface area contributed by atoms with Crippen LogP contribution < -0.4 is 0 Å². The molecule has 112 valence electrons. The number of carboxylic acid groups (broad SMARTS) is 1. The molecule has 0 amide bonds. The standard InChI is InChI=1S/C12H23NO5S/c1-9(2)18-7-8-19(16,17)13-6-4-5-11(10(13)3)12(14)15/h9-11H,4-8H2,1-3H3,(H,14,15)/t10-,11-/m0/s1. The summed E-state index contributed by atoms with van der Waals surface area (Å²) >= 11 is 0. The van der Waals surface area contributed by atoms with Crippen LogP contribution in [0.3, 0.4) is 0 Å². The number of hydrogen-bond acceptors (Lipinski definition) is 4. The number of hydrogen-bond donors (Lipinski definition) is 1. The Bertz CT molecular complexity index is 406. The Morgan fingerprint density at radius 2 is 2.11 bits per heavy atom. The maximum atomic E-state index is 12.2. The molecule has 0 bridgehead atoms. The molecule has 1 rings (SSSR count). The Balaban J connectivity index is 2.68. The van der Waals surface area contributed by atoms with Gasteiger partial charge in [0, 0.05) is 12.6 Å². The second-order valence-electron chi connectivity index (χ2n) is 5.17. The highest BCUT2D eigenvalue weighted by molar-refractivity contribution is 7.89. The molecule has 0 radical (unpaired) electrons. The monoisotopic (exact) mass is 293 g/mol. The van der Waals surface area contributed by atoms with E-state index in [1.165, 1.54) is 4.31 Å². The molecule has 0 aliphatic carbocycles. The third-order valence-corrected chi connectivity index (χ3v) is 5.31. The van der Waals surface area contributed by atoms with Crippen LogP contribution in [0.1, 0.15) is 33.6 Å². The summed E-state index contributed by atoms with van der Waals surface area (Å²) in [5.74, 6) is -1.64. The van der Waals surface area contributed by atoms with Crippen molar-refractivity contribution in [2.45, 2.75) is 45.8 Å². The molecule has 1 heterocycles. The second-order valence-corrected chi connectivity index (χ2v) is 7.21. The summed E-state index contributed by atoms with van der Waals surface area (Å²) in [6, 6.07) is -0.490. The van der Waals surface area contributed by atoms with Crippen molar-refractivity contribution in [1.82, 2.24) is 4.31 Å². The lowest BCUT2D eigenvalue weighted by Crippen LogP contribution is -2.50. The van der Waals surface area contributed by atoms with Crippen LogP contribution in [0.4, 0.5) is 0 Å². The fraction of sp³-hybridized carbons (Fsp3) is 0.917. The Kier molecular flexibility index (Phi) is 5.76. The van der Waals surface area contributed by atoms with Gasteiger partial charge in [-0.3, -0.25) is 4.79 Å². The van der Waals surface area contributed by atoms with Crippen LogP contribution in [0.5, 0.6) is 0 Å². The van der Waals surface area contributed by atoms with Gasteiger partial charge in [0.15, 0.2) is 0 Å². The van der Waals surface area contributed by atoms with Gasteiger partial charge in [0.05, 0.1) is 24.4 Å². The third-order valence-electron chi connectivity index (χ3n) is 3.40. The highest BCUT2D eigenvalue weighted by atomic mass is 32.2. The summed E-state index contributed by atoms with van der Waals surface area (Å²) < 4.78 is 31.0. The molecule has 1 fully saturated rings. The molecular formula is C12H23NO5S. The molecule has 1 aliphatic rings. The average Bonchev–Trinajstić information content (AvgIpc) is 2.27. The van der Waals surface area contributed by atoms with E-state index in [4.69, 9.17) is 9.84 Å². The van der Waals surface area contributed by atoms with Gasteiger partial charge in [-0.2, -0.15) is 4.31 Å². The first-order valence-corrected chi connectivity index (χ1v) is 8.20. The minimum absolute atomic E-state index is 0.0132. The first-order valence-electron chi connectivity index (χ1n) is 6.59. The van der Waals surface area contributed by atoms with Gasteiger partial charge < -0.3 is 9.84 Å². The molecule has 2 atom stereocenters. The summed E-state index contributed by atoms with van der Waals surface area (Å²) in [6.45, 7) is 5.89. The van der Waals surface area contributed by atoms with Crippen LogP contribution in [0.2, 0.25) is 0 Å². The number of piperidine rings is 1. The predicted octanol–water partition coefficient (Wildman–Crippen LogP) is 0.926. The number of nitrogens with zero attached hydrogens (tertiary/aromatic N) is 1. The zero-order chi connectivity index (χ0) is 14.6. The first kappa shape index (κ1) is 16.4. The van der Waals surface area contributed by atoms with E-state index < -0.39 is 28.0 Å². The summed E-state index contributed by atoms with van der Waals surface area (Å²) in [5, 5.41) is 9.09. The number of ether oxygens (including phenoxy) is 1.